The van der Waals surface area contributed by atoms with E-state index in [1.807, 2.05) is 4.90 Å². The van der Waals surface area contributed by atoms with E-state index in [9.17, 15) is 24.6 Å². The first-order chi connectivity index (χ1) is 21.6. The van der Waals surface area contributed by atoms with Crippen LogP contribution in [0.15, 0.2) is 23.8 Å². The third kappa shape index (κ3) is 7.38. The number of rotatable bonds is 13. The summed E-state index contributed by atoms with van der Waals surface area (Å²) in [6.07, 6.45) is 9.92. The summed E-state index contributed by atoms with van der Waals surface area (Å²) in [4.78, 5) is 40.9. The molecule has 5 aliphatic carbocycles. The number of hydrogen-bond donors (Lipinski definition) is 3. The van der Waals surface area contributed by atoms with Crippen LogP contribution < -0.4 is 14.8 Å². The Bertz CT molecular complexity index is 1270. The number of aliphatic hydroxyl groups is 2. The van der Waals surface area contributed by atoms with Gasteiger partial charge in [0.1, 0.15) is 18.5 Å². The fourth-order valence-corrected chi connectivity index (χ4v) is 9.22. The summed E-state index contributed by atoms with van der Waals surface area (Å²) in [7, 11) is 1.48. The molecule has 4 saturated carbocycles. The molecule has 0 saturated heterocycles. The Labute approximate surface area is 280 Å². The topological polar surface area (TPSA) is 125 Å². The molecular weight excluding hydrogens is 687 g/mol. The van der Waals surface area contributed by atoms with Gasteiger partial charge in [0.2, 0.25) is 11.8 Å². The average Bonchev–Trinajstić information content (AvgIpc) is 3.56. The number of carbonyl (C=O) groups excluding carboxylic acids is 3. The van der Waals surface area contributed by atoms with Crippen LogP contribution in [-0.2, 0) is 9.59 Å². The number of aliphatic hydroxyl groups excluding tert-OH is 2. The van der Waals surface area contributed by atoms with Crippen LogP contribution in [-0.4, -0.2) is 78.3 Å². The Hall–Kier alpha value is -2.18. The van der Waals surface area contributed by atoms with Crippen LogP contribution >= 0.6 is 22.6 Å². The van der Waals surface area contributed by atoms with Crippen molar-refractivity contribution in [3.63, 3.8) is 0 Å². The molecule has 45 heavy (non-hydrogen) atoms. The third-order valence-corrected chi connectivity index (χ3v) is 12.1. The van der Waals surface area contributed by atoms with Gasteiger partial charge in [-0.2, -0.15) is 0 Å². The molecule has 0 spiro atoms. The Kier molecular flexibility index (Phi) is 11.2. The van der Waals surface area contributed by atoms with E-state index in [2.05, 4.69) is 41.8 Å². The molecule has 1 aromatic rings. The molecule has 0 aromatic heterocycles. The average molecular weight is 737 g/mol. The summed E-state index contributed by atoms with van der Waals surface area (Å²) >= 11 is 2.07. The number of carbonyl (C=O) groups is 3. The number of ether oxygens (including phenoxy) is 2. The number of aldehydes is 1. The summed E-state index contributed by atoms with van der Waals surface area (Å²) < 4.78 is 12.6. The molecule has 0 radical (unpaired) electrons. The largest absolute Gasteiger partial charge is 0.493 e. The van der Waals surface area contributed by atoms with E-state index in [-0.39, 0.29) is 36.8 Å². The summed E-state index contributed by atoms with van der Waals surface area (Å²) in [5.74, 6) is 2.53. The minimum Gasteiger partial charge on any atom is -0.493 e. The standard InChI is InChI=1S/C35H49IN2O7/c1-35(2)25-10-9-23(26(35)18-25)19-38(31(41)11-8-21-6-4-5-7-21)28-16-24(34(43)37-12-13-39)17-29(32(28)42)45-33-27(36)14-22(20-40)15-30(33)44-3/h14-15,17,20-21,23,25-26,28-29,32,39,42H,4-13,16,18-19H2,1-3H3,(H,37,43). The molecule has 248 valence electrons. The van der Waals surface area contributed by atoms with Gasteiger partial charge in [-0.1, -0.05) is 39.5 Å². The van der Waals surface area contributed by atoms with Gasteiger partial charge in [0.15, 0.2) is 11.5 Å². The molecule has 4 fully saturated rings. The SMILES string of the molecule is COc1cc(C=O)cc(I)c1OC1C=C(C(=O)NCCO)CC(N(CC2CCC3CC2C3(C)C)C(=O)CCC2CCCC2)C1O. The van der Waals surface area contributed by atoms with Crippen molar-refractivity contribution >= 4 is 40.7 Å². The van der Waals surface area contributed by atoms with Gasteiger partial charge in [0.25, 0.3) is 0 Å². The van der Waals surface area contributed by atoms with Gasteiger partial charge in [0, 0.05) is 37.1 Å². The lowest BCUT2D eigenvalue weighted by Gasteiger charge is -2.61. The molecule has 0 aliphatic heterocycles. The number of nitrogens with one attached hydrogen (secondary N) is 1. The second-order valence-corrected chi connectivity index (χ2v) is 15.3. The van der Waals surface area contributed by atoms with Crippen LogP contribution in [0.3, 0.4) is 0 Å². The predicted molar refractivity (Wildman–Crippen MR) is 179 cm³/mol. The van der Waals surface area contributed by atoms with Crippen LogP contribution in [0.1, 0.15) is 88.4 Å². The maximum Gasteiger partial charge on any atom is 0.247 e. The Morgan fingerprint density at radius 3 is 2.58 bits per heavy atom. The number of nitrogens with zero attached hydrogens (tertiary/aromatic N) is 1. The monoisotopic (exact) mass is 736 g/mol. The lowest BCUT2D eigenvalue weighted by Crippen LogP contribution is -2.59. The lowest BCUT2D eigenvalue weighted by molar-refractivity contribution is -0.148. The highest BCUT2D eigenvalue weighted by Gasteiger charge is 2.55. The molecule has 6 atom stereocenters. The zero-order valence-electron chi connectivity index (χ0n) is 26.8. The molecule has 9 nitrogen and oxygen atoms in total. The van der Waals surface area contributed by atoms with Crippen LogP contribution in [0, 0.1) is 32.7 Å². The Balaban J connectivity index is 1.46. The van der Waals surface area contributed by atoms with Gasteiger partial charge in [-0.25, -0.2) is 0 Å². The maximum atomic E-state index is 14.2. The zero-order chi connectivity index (χ0) is 32.3. The zero-order valence-corrected chi connectivity index (χ0v) is 29.0. The first-order valence-electron chi connectivity index (χ1n) is 16.6. The van der Waals surface area contributed by atoms with Crippen LogP contribution in [0.25, 0.3) is 0 Å². The Morgan fingerprint density at radius 2 is 1.93 bits per heavy atom. The molecule has 10 heteroatoms. The minimum absolute atomic E-state index is 0.0310. The minimum atomic E-state index is -1.10. The number of halogens is 1. The van der Waals surface area contributed by atoms with E-state index in [0.29, 0.717) is 56.9 Å². The molecule has 1 aromatic carbocycles. The van der Waals surface area contributed by atoms with Crippen molar-refractivity contribution in [3.8, 4) is 11.5 Å². The van der Waals surface area contributed by atoms with Gasteiger partial charge in [-0.05, 0) is 95.6 Å². The number of amides is 2. The highest BCUT2D eigenvalue weighted by Crippen LogP contribution is 2.61. The van der Waals surface area contributed by atoms with Crippen molar-refractivity contribution in [3.05, 3.63) is 32.9 Å². The molecule has 6 rings (SSSR count). The molecule has 2 amide bonds. The number of methoxy groups -OCH3 is 1. The van der Waals surface area contributed by atoms with E-state index in [0.717, 1.165) is 44.3 Å². The van der Waals surface area contributed by atoms with Crippen LogP contribution in [0.2, 0.25) is 0 Å². The normalized spacial score (nSPS) is 28.9. The summed E-state index contributed by atoms with van der Waals surface area (Å²) in [6, 6.07) is 2.59. The van der Waals surface area contributed by atoms with Crippen molar-refractivity contribution in [2.45, 2.75) is 96.3 Å². The van der Waals surface area contributed by atoms with Gasteiger partial charge in [-0.3, -0.25) is 14.4 Å². The van der Waals surface area contributed by atoms with E-state index >= 15 is 0 Å². The molecular formula is C35H49IN2O7. The lowest BCUT2D eigenvalue weighted by atomic mass is 9.45. The van der Waals surface area contributed by atoms with Crippen molar-refractivity contribution in [1.29, 1.82) is 0 Å². The van der Waals surface area contributed by atoms with Gasteiger partial charge >= 0.3 is 0 Å². The highest BCUT2D eigenvalue weighted by molar-refractivity contribution is 14.1. The molecule has 0 heterocycles. The number of benzene rings is 1. The van der Waals surface area contributed by atoms with E-state index < -0.39 is 18.2 Å². The van der Waals surface area contributed by atoms with Crippen molar-refractivity contribution in [1.82, 2.24) is 10.2 Å². The summed E-state index contributed by atoms with van der Waals surface area (Å²) in [6.45, 7) is 5.15. The maximum absolute atomic E-state index is 14.2. The number of hydrogen-bond acceptors (Lipinski definition) is 7. The fraction of sp³-hybridized carbons (Fsp3) is 0.686. The second kappa shape index (κ2) is 14.7. The van der Waals surface area contributed by atoms with Crippen LogP contribution in [0.5, 0.6) is 11.5 Å². The molecule has 2 bridgehead atoms. The first kappa shape index (κ1) is 34.2. The van der Waals surface area contributed by atoms with Crippen molar-refractivity contribution in [2.24, 2.45) is 29.1 Å². The van der Waals surface area contributed by atoms with Gasteiger partial charge in [0.05, 0.1) is 23.3 Å². The second-order valence-electron chi connectivity index (χ2n) is 14.1. The van der Waals surface area contributed by atoms with Crippen molar-refractivity contribution in [2.75, 3.05) is 26.8 Å². The van der Waals surface area contributed by atoms with Crippen LogP contribution in [0.4, 0.5) is 0 Å². The Morgan fingerprint density at radius 1 is 1.18 bits per heavy atom. The summed E-state index contributed by atoms with van der Waals surface area (Å²) in [5, 5.41) is 24.1. The van der Waals surface area contributed by atoms with E-state index in [1.165, 1.54) is 26.4 Å². The number of fused-ring (bicyclic) bond motifs is 2. The molecule has 3 N–H and O–H groups in total. The first-order valence-corrected chi connectivity index (χ1v) is 17.7. The van der Waals surface area contributed by atoms with Gasteiger partial charge in [-0.15, -0.1) is 0 Å². The molecule has 6 unspecified atom stereocenters. The molecule has 5 aliphatic rings. The summed E-state index contributed by atoms with van der Waals surface area (Å²) in [5.41, 5.74) is 1.08. The quantitative estimate of drug-likeness (QED) is 0.195. The predicted octanol–water partition coefficient (Wildman–Crippen LogP) is 4.90. The van der Waals surface area contributed by atoms with E-state index in [1.54, 1.807) is 18.2 Å². The van der Waals surface area contributed by atoms with Crippen molar-refractivity contribution < 1.29 is 34.1 Å². The fourth-order valence-electron chi connectivity index (χ4n) is 8.46. The smallest absolute Gasteiger partial charge is 0.247 e. The van der Waals surface area contributed by atoms with E-state index in [4.69, 9.17) is 9.47 Å². The van der Waals surface area contributed by atoms with Gasteiger partial charge < -0.3 is 29.9 Å². The highest BCUT2D eigenvalue weighted by atomic mass is 127. The third-order valence-electron chi connectivity index (χ3n) is 11.3.